The summed E-state index contributed by atoms with van der Waals surface area (Å²) in [6.45, 7) is -0.832. The van der Waals surface area contributed by atoms with E-state index in [1.165, 1.54) is 12.1 Å². The van der Waals surface area contributed by atoms with Gasteiger partial charge in [-0.05, 0) is 25.1 Å². The van der Waals surface area contributed by atoms with E-state index in [1.807, 2.05) is 0 Å². The van der Waals surface area contributed by atoms with Gasteiger partial charge in [-0.15, -0.1) is 0 Å². The van der Waals surface area contributed by atoms with Gasteiger partial charge in [0.25, 0.3) is 0 Å². The van der Waals surface area contributed by atoms with Gasteiger partial charge in [-0.2, -0.15) is 18.3 Å². The predicted molar refractivity (Wildman–Crippen MR) is 68.0 cm³/mol. The van der Waals surface area contributed by atoms with Crippen LogP contribution in [0.3, 0.4) is 0 Å². The highest BCUT2D eigenvalue weighted by molar-refractivity contribution is 5.54. The molecule has 2 N–H and O–H groups in total. The number of hydrogen-bond donors (Lipinski definition) is 2. The molecule has 0 amide bonds. The van der Waals surface area contributed by atoms with Crippen LogP contribution in [0.25, 0.3) is 11.4 Å². The fourth-order valence-electron chi connectivity index (χ4n) is 1.75. The van der Waals surface area contributed by atoms with Crippen molar-refractivity contribution in [1.82, 2.24) is 14.8 Å². The molecule has 0 aliphatic rings. The average molecular weight is 319 g/mol. The molecule has 2 aromatic rings. The van der Waals surface area contributed by atoms with Gasteiger partial charge in [0, 0.05) is 0 Å². The summed E-state index contributed by atoms with van der Waals surface area (Å²) >= 11 is 0. The molecule has 0 spiro atoms. The highest BCUT2D eigenvalue weighted by Crippen LogP contribution is 2.32. The van der Waals surface area contributed by atoms with Crippen LogP contribution < -0.4 is 0 Å². The van der Waals surface area contributed by atoms with Crippen molar-refractivity contribution in [1.29, 1.82) is 0 Å². The zero-order chi connectivity index (χ0) is 16.5. The van der Waals surface area contributed by atoms with Crippen LogP contribution in [0.1, 0.15) is 12.6 Å². The van der Waals surface area contributed by atoms with E-state index in [-0.39, 0.29) is 17.1 Å². The van der Waals surface area contributed by atoms with Crippen molar-refractivity contribution in [2.24, 2.45) is 0 Å². The van der Waals surface area contributed by atoms with Crippen molar-refractivity contribution < 1.29 is 27.8 Å². The minimum absolute atomic E-state index is 0.0747. The molecule has 0 aromatic carbocycles. The first-order valence-electron chi connectivity index (χ1n) is 6.22. The van der Waals surface area contributed by atoms with Crippen LogP contribution in [0.15, 0.2) is 24.4 Å². The standard InChI is InChI=1S/C13H13F4N3O2/c1-12(22,13(15,16)17)7-20-9(6-21)4-11(19-20)10-3-2-8(14)5-18-10/h2-5,21-22H,6-7H2,1H3. The van der Waals surface area contributed by atoms with Crippen molar-refractivity contribution in [3.8, 4) is 11.4 Å². The van der Waals surface area contributed by atoms with E-state index in [1.54, 1.807) is 0 Å². The van der Waals surface area contributed by atoms with E-state index in [0.717, 1.165) is 16.9 Å². The molecule has 2 heterocycles. The van der Waals surface area contributed by atoms with Gasteiger partial charge < -0.3 is 10.2 Å². The van der Waals surface area contributed by atoms with Gasteiger partial charge in [0.15, 0.2) is 5.60 Å². The second-order valence-corrected chi connectivity index (χ2v) is 4.97. The molecule has 0 fully saturated rings. The van der Waals surface area contributed by atoms with Gasteiger partial charge in [-0.3, -0.25) is 9.67 Å². The summed E-state index contributed by atoms with van der Waals surface area (Å²) in [7, 11) is 0. The number of pyridine rings is 1. The lowest BCUT2D eigenvalue weighted by molar-refractivity contribution is -0.258. The fraction of sp³-hybridized carbons (Fsp3) is 0.385. The van der Waals surface area contributed by atoms with Crippen LogP contribution in [-0.4, -0.2) is 36.8 Å². The molecule has 5 nitrogen and oxygen atoms in total. The zero-order valence-corrected chi connectivity index (χ0v) is 11.5. The van der Waals surface area contributed by atoms with E-state index in [4.69, 9.17) is 0 Å². The Kier molecular flexibility index (Phi) is 4.21. The summed E-state index contributed by atoms with van der Waals surface area (Å²) in [6.07, 6.45) is -3.90. The van der Waals surface area contributed by atoms with Crippen LogP contribution in [0.4, 0.5) is 17.6 Å². The number of aliphatic hydroxyl groups is 2. The van der Waals surface area contributed by atoms with Gasteiger partial charge in [0.05, 0.1) is 30.7 Å². The molecular weight excluding hydrogens is 306 g/mol. The molecule has 0 radical (unpaired) electrons. The molecule has 22 heavy (non-hydrogen) atoms. The molecule has 9 heteroatoms. The largest absolute Gasteiger partial charge is 0.418 e. The molecule has 0 saturated carbocycles. The van der Waals surface area contributed by atoms with Crippen LogP contribution in [0, 0.1) is 5.82 Å². The molecule has 1 atom stereocenters. The maximum absolute atomic E-state index is 12.8. The Morgan fingerprint density at radius 1 is 1.23 bits per heavy atom. The smallest absolute Gasteiger partial charge is 0.390 e. The van der Waals surface area contributed by atoms with Gasteiger partial charge in [0.1, 0.15) is 11.5 Å². The number of aliphatic hydroxyl groups excluding tert-OH is 1. The molecule has 0 aliphatic heterocycles. The van der Waals surface area contributed by atoms with Crippen molar-refractivity contribution in [3.63, 3.8) is 0 Å². The molecular formula is C13H13F4N3O2. The van der Waals surface area contributed by atoms with Crippen LogP contribution >= 0.6 is 0 Å². The average Bonchev–Trinajstić information content (AvgIpc) is 2.80. The Morgan fingerprint density at radius 3 is 2.41 bits per heavy atom. The Labute approximate surface area is 122 Å². The molecule has 0 bridgehead atoms. The monoisotopic (exact) mass is 319 g/mol. The minimum atomic E-state index is -4.85. The second kappa shape index (κ2) is 5.65. The summed E-state index contributed by atoms with van der Waals surface area (Å²) in [5.41, 5.74) is -2.52. The second-order valence-electron chi connectivity index (χ2n) is 4.97. The molecule has 0 aliphatic carbocycles. The van der Waals surface area contributed by atoms with Crippen molar-refractivity contribution in [2.75, 3.05) is 0 Å². The number of aromatic nitrogens is 3. The zero-order valence-electron chi connectivity index (χ0n) is 11.5. The Hall–Kier alpha value is -2.00. The molecule has 0 saturated heterocycles. The SMILES string of the molecule is CC(O)(Cn1nc(-c2ccc(F)cn2)cc1CO)C(F)(F)F. The van der Waals surface area contributed by atoms with Crippen molar-refractivity contribution in [3.05, 3.63) is 35.9 Å². The van der Waals surface area contributed by atoms with Crippen LogP contribution in [0.5, 0.6) is 0 Å². The summed E-state index contributed by atoms with van der Waals surface area (Å²) in [4.78, 5) is 3.77. The van der Waals surface area contributed by atoms with E-state index in [9.17, 15) is 27.8 Å². The third-order valence-corrected chi connectivity index (χ3v) is 3.08. The predicted octanol–water partition coefficient (Wildman–Crippen LogP) is 1.89. The topological polar surface area (TPSA) is 71.2 Å². The quantitative estimate of drug-likeness (QED) is 0.844. The number of alkyl halides is 3. The number of halogens is 4. The summed E-state index contributed by atoms with van der Waals surface area (Å²) in [6, 6.07) is 3.77. The summed E-state index contributed by atoms with van der Waals surface area (Å²) in [5.74, 6) is -0.564. The van der Waals surface area contributed by atoms with E-state index < -0.39 is 30.7 Å². The lowest BCUT2D eigenvalue weighted by Crippen LogP contribution is -2.46. The van der Waals surface area contributed by atoms with Crippen LogP contribution in [-0.2, 0) is 13.2 Å². The maximum atomic E-state index is 12.8. The van der Waals surface area contributed by atoms with Gasteiger partial charge in [-0.1, -0.05) is 0 Å². The fourth-order valence-corrected chi connectivity index (χ4v) is 1.75. The molecule has 120 valence electrons. The Morgan fingerprint density at radius 2 is 1.91 bits per heavy atom. The van der Waals surface area contributed by atoms with Crippen LogP contribution in [0.2, 0.25) is 0 Å². The lowest BCUT2D eigenvalue weighted by Gasteiger charge is -2.26. The first kappa shape index (κ1) is 16.4. The Balaban J connectivity index is 2.35. The number of nitrogens with zero attached hydrogens (tertiary/aromatic N) is 3. The highest BCUT2D eigenvalue weighted by atomic mass is 19.4. The third kappa shape index (κ3) is 3.25. The number of rotatable bonds is 4. The van der Waals surface area contributed by atoms with Gasteiger partial charge >= 0.3 is 6.18 Å². The summed E-state index contributed by atoms with van der Waals surface area (Å²) in [5, 5.41) is 22.6. The van der Waals surface area contributed by atoms with E-state index in [2.05, 4.69) is 10.1 Å². The highest BCUT2D eigenvalue weighted by Gasteiger charge is 2.50. The number of hydrogen-bond acceptors (Lipinski definition) is 4. The summed E-state index contributed by atoms with van der Waals surface area (Å²) < 4.78 is 51.8. The molecule has 2 aromatic heterocycles. The Bertz CT molecular complexity index is 650. The van der Waals surface area contributed by atoms with Gasteiger partial charge in [0.2, 0.25) is 0 Å². The molecule has 2 rings (SSSR count). The third-order valence-electron chi connectivity index (χ3n) is 3.08. The maximum Gasteiger partial charge on any atom is 0.418 e. The lowest BCUT2D eigenvalue weighted by atomic mass is 10.1. The first-order valence-corrected chi connectivity index (χ1v) is 6.22. The minimum Gasteiger partial charge on any atom is -0.390 e. The first-order chi connectivity index (χ1) is 10.1. The van der Waals surface area contributed by atoms with E-state index in [0.29, 0.717) is 6.92 Å². The molecule has 1 unspecified atom stereocenters. The van der Waals surface area contributed by atoms with Gasteiger partial charge in [-0.25, -0.2) is 4.39 Å². The van der Waals surface area contributed by atoms with E-state index >= 15 is 0 Å². The van der Waals surface area contributed by atoms with Crippen molar-refractivity contribution in [2.45, 2.75) is 31.9 Å². The van der Waals surface area contributed by atoms with Crippen molar-refractivity contribution >= 4 is 0 Å². The normalized spacial score (nSPS) is 14.9.